The Bertz CT molecular complexity index is 528. The molecule has 0 saturated carbocycles. The first-order chi connectivity index (χ1) is 9.60. The fourth-order valence-corrected chi connectivity index (χ4v) is 2.05. The molecule has 0 aromatic heterocycles. The first-order valence-corrected chi connectivity index (χ1v) is 6.36. The molecule has 1 aliphatic heterocycles. The molecule has 0 spiro atoms. The van der Waals surface area contributed by atoms with Gasteiger partial charge in [-0.3, -0.25) is 4.79 Å². The fraction of sp³-hybridized carbons (Fsp3) is 0.357. The van der Waals surface area contributed by atoms with E-state index in [2.05, 4.69) is 10.3 Å². The number of nitrogens with one attached hydrogen (secondary N) is 1. The highest BCUT2D eigenvalue weighted by molar-refractivity contribution is 5.98. The Kier molecular flexibility index (Phi) is 4.45. The predicted molar refractivity (Wildman–Crippen MR) is 71.0 cm³/mol. The van der Waals surface area contributed by atoms with E-state index in [-0.39, 0.29) is 12.4 Å². The number of hydrogen-bond donors (Lipinski definition) is 1. The van der Waals surface area contributed by atoms with Crippen LogP contribution in [0.15, 0.2) is 29.3 Å². The number of carbonyl (C=O) groups is 2. The quantitative estimate of drug-likeness (QED) is 0.852. The van der Waals surface area contributed by atoms with Gasteiger partial charge in [0.15, 0.2) is 0 Å². The second kappa shape index (κ2) is 6.27. The van der Waals surface area contributed by atoms with E-state index in [0.29, 0.717) is 6.42 Å². The van der Waals surface area contributed by atoms with E-state index < -0.39 is 24.0 Å². The molecule has 0 fully saturated rings. The van der Waals surface area contributed by atoms with E-state index >= 15 is 0 Å². The maximum absolute atomic E-state index is 12.9. The number of esters is 1. The van der Waals surface area contributed by atoms with Gasteiger partial charge in [0.2, 0.25) is 0 Å². The Morgan fingerprint density at radius 2 is 2.10 bits per heavy atom. The second-order valence-corrected chi connectivity index (χ2v) is 4.44. The zero-order valence-corrected chi connectivity index (χ0v) is 11.0. The Balaban J connectivity index is 2.13. The van der Waals surface area contributed by atoms with Crippen LogP contribution in [-0.4, -0.2) is 30.9 Å². The Hall–Kier alpha value is -2.24. The summed E-state index contributed by atoms with van der Waals surface area (Å²) in [6, 6.07) is 4.99. The van der Waals surface area contributed by atoms with Crippen molar-refractivity contribution < 1.29 is 18.7 Å². The van der Waals surface area contributed by atoms with Gasteiger partial charge in [-0.25, -0.2) is 14.2 Å². The van der Waals surface area contributed by atoms with E-state index in [4.69, 9.17) is 4.74 Å². The van der Waals surface area contributed by atoms with Crippen LogP contribution in [0, 0.1) is 11.7 Å². The van der Waals surface area contributed by atoms with Crippen molar-refractivity contribution in [2.45, 2.75) is 19.4 Å². The highest BCUT2D eigenvalue weighted by Crippen LogP contribution is 2.15. The van der Waals surface area contributed by atoms with Gasteiger partial charge >= 0.3 is 12.0 Å². The van der Waals surface area contributed by atoms with Crippen LogP contribution in [0.3, 0.4) is 0 Å². The van der Waals surface area contributed by atoms with Crippen LogP contribution in [0.5, 0.6) is 0 Å². The minimum atomic E-state index is -0.627. The Labute approximate surface area is 115 Å². The van der Waals surface area contributed by atoms with Crippen LogP contribution < -0.4 is 5.32 Å². The molecule has 6 heteroatoms. The van der Waals surface area contributed by atoms with Crippen LogP contribution >= 0.6 is 0 Å². The van der Waals surface area contributed by atoms with Crippen molar-refractivity contribution in [3.8, 4) is 0 Å². The van der Waals surface area contributed by atoms with Gasteiger partial charge in [0.25, 0.3) is 0 Å². The Morgan fingerprint density at radius 3 is 2.75 bits per heavy atom. The highest BCUT2D eigenvalue weighted by atomic mass is 19.1. The number of urea groups is 1. The number of benzene rings is 1. The van der Waals surface area contributed by atoms with Crippen LogP contribution in [0.2, 0.25) is 0 Å². The number of hydrogen-bond acceptors (Lipinski definition) is 3. The predicted octanol–water partition coefficient (Wildman–Crippen LogP) is 1.71. The molecule has 0 bridgehead atoms. The first-order valence-electron chi connectivity index (χ1n) is 6.36. The maximum atomic E-state index is 12.9. The monoisotopic (exact) mass is 278 g/mol. The average Bonchev–Trinajstić information content (AvgIpc) is 2.42. The van der Waals surface area contributed by atoms with Crippen LogP contribution in [0.25, 0.3) is 0 Å². The number of ether oxygens (including phenoxy) is 1. The lowest BCUT2D eigenvalue weighted by molar-refractivity contribution is -0.146. The molecule has 0 saturated heterocycles. The third-order valence-corrected chi connectivity index (χ3v) is 3.02. The molecule has 0 radical (unpaired) electrons. The molecule has 0 aliphatic carbocycles. The molecule has 1 aliphatic rings. The molecule has 1 aromatic rings. The van der Waals surface area contributed by atoms with Crippen molar-refractivity contribution >= 4 is 18.2 Å². The van der Waals surface area contributed by atoms with Gasteiger partial charge in [-0.1, -0.05) is 12.1 Å². The van der Waals surface area contributed by atoms with Crippen molar-refractivity contribution in [1.82, 2.24) is 5.32 Å². The van der Waals surface area contributed by atoms with Gasteiger partial charge in [-0.15, -0.1) is 0 Å². The lowest BCUT2D eigenvalue weighted by Crippen LogP contribution is -2.48. The van der Waals surface area contributed by atoms with Crippen molar-refractivity contribution in [2.24, 2.45) is 10.9 Å². The summed E-state index contributed by atoms with van der Waals surface area (Å²) in [5, 5.41) is 2.64. The average molecular weight is 278 g/mol. The zero-order valence-electron chi connectivity index (χ0n) is 11.0. The topological polar surface area (TPSA) is 67.8 Å². The van der Waals surface area contributed by atoms with Crippen LogP contribution in [0.4, 0.5) is 9.18 Å². The summed E-state index contributed by atoms with van der Waals surface area (Å²) in [6.07, 6.45) is 1.71. The normalized spacial score (nSPS) is 21.4. The summed E-state index contributed by atoms with van der Waals surface area (Å²) in [5.41, 5.74) is 0.821. The van der Waals surface area contributed by atoms with Crippen LogP contribution in [0.1, 0.15) is 12.5 Å². The summed E-state index contributed by atoms with van der Waals surface area (Å²) >= 11 is 0. The van der Waals surface area contributed by atoms with Gasteiger partial charge < -0.3 is 10.1 Å². The fourth-order valence-electron chi connectivity index (χ4n) is 2.05. The number of carbonyl (C=O) groups excluding carboxylic acids is 2. The number of amides is 2. The van der Waals surface area contributed by atoms with E-state index in [0.717, 1.165) is 5.56 Å². The van der Waals surface area contributed by atoms with Gasteiger partial charge in [0, 0.05) is 6.21 Å². The summed E-state index contributed by atoms with van der Waals surface area (Å²) in [6.45, 7) is 1.98. The van der Waals surface area contributed by atoms with Crippen molar-refractivity contribution in [3.63, 3.8) is 0 Å². The smallest absolute Gasteiger partial charge is 0.340 e. The Morgan fingerprint density at radius 1 is 1.40 bits per heavy atom. The molecular weight excluding hydrogens is 263 g/mol. The van der Waals surface area contributed by atoms with Gasteiger partial charge in [-0.05, 0) is 31.0 Å². The largest absolute Gasteiger partial charge is 0.465 e. The molecule has 20 heavy (non-hydrogen) atoms. The zero-order chi connectivity index (χ0) is 14.5. The lowest BCUT2D eigenvalue weighted by atomic mass is 9.93. The number of nitrogens with zero attached hydrogens (tertiary/aromatic N) is 1. The van der Waals surface area contributed by atoms with Gasteiger partial charge in [-0.2, -0.15) is 0 Å². The standard InChI is InChI=1S/C14H15FN2O3/c1-2-20-13(18)11-8-16-14(19)17-12(11)7-9-3-5-10(15)6-4-9/h3-6,8,11-12H,2,7H2,1H3,(H,17,19). The van der Waals surface area contributed by atoms with Gasteiger partial charge in [0.05, 0.1) is 12.6 Å². The minimum Gasteiger partial charge on any atom is -0.465 e. The third-order valence-electron chi connectivity index (χ3n) is 3.02. The van der Waals surface area contributed by atoms with E-state index in [1.807, 2.05) is 0 Å². The molecule has 2 rings (SSSR count). The molecule has 1 heterocycles. The van der Waals surface area contributed by atoms with E-state index in [9.17, 15) is 14.0 Å². The highest BCUT2D eigenvalue weighted by Gasteiger charge is 2.32. The lowest BCUT2D eigenvalue weighted by Gasteiger charge is -2.26. The number of rotatable bonds is 4. The summed E-state index contributed by atoms with van der Waals surface area (Å²) in [5.74, 6) is -1.38. The second-order valence-electron chi connectivity index (χ2n) is 4.44. The third kappa shape index (κ3) is 3.40. The molecule has 2 amide bonds. The molecule has 1 aromatic carbocycles. The summed E-state index contributed by atoms with van der Waals surface area (Å²) in [7, 11) is 0. The summed E-state index contributed by atoms with van der Waals surface area (Å²) < 4.78 is 17.8. The van der Waals surface area contributed by atoms with Crippen LogP contribution in [-0.2, 0) is 16.0 Å². The molecular formula is C14H15FN2O3. The van der Waals surface area contributed by atoms with E-state index in [1.165, 1.54) is 18.3 Å². The molecule has 2 atom stereocenters. The van der Waals surface area contributed by atoms with Gasteiger partial charge in [0.1, 0.15) is 11.7 Å². The first kappa shape index (κ1) is 14.2. The maximum Gasteiger partial charge on any atom is 0.340 e. The van der Waals surface area contributed by atoms with Crippen molar-refractivity contribution in [3.05, 3.63) is 35.6 Å². The molecule has 2 unspecified atom stereocenters. The summed E-state index contributed by atoms with van der Waals surface area (Å²) in [4.78, 5) is 26.7. The minimum absolute atomic E-state index is 0.264. The van der Waals surface area contributed by atoms with Crippen molar-refractivity contribution in [2.75, 3.05) is 6.61 Å². The molecule has 1 N–H and O–H groups in total. The van der Waals surface area contributed by atoms with E-state index in [1.54, 1.807) is 19.1 Å². The van der Waals surface area contributed by atoms with Crippen molar-refractivity contribution in [1.29, 1.82) is 0 Å². The SMILES string of the molecule is CCOC(=O)C1C=NC(=O)NC1Cc1ccc(F)cc1. The number of aliphatic imine (C=N–C) groups is 1. The number of halogens is 1. The molecule has 106 valence electrons. The molecule has 5 nitrogen and oxygen atoms in total.